The number of aromatic nitrogens is 5. The van der Waals surface area contributed by atoms with Crippen molar-refractivity contribution in [1.82, 2.24) is 29.9 Å². The third kappa shape index (κ3) is 3.55. The quantitative estimate of drug-likeness (QED) is 0.778. The highest BCUT2D eigenvalue weighted by Crippen LogP contribution is 2.23. The molecule has 1 saturated heterocycles. The molecule has 0 aromatic carbocycles. The highest BCUT2D eigenvalue weighted by Gasteiger charge is 2.26. The summed E-state index contributed by atoms with van der Waals surface area (Å²) in [5, 5.41) is 12.4. The topological polar surface area (TPSA) is 63.0 Å². The Hall–Kier alpha value is -2.02. The third-order valence-corrected chi connectivity index (χ3v) is 3.93. The third-order valence-electron chi connectivity index (χ3n) is 3.93. The van der Waals surface area contributed by atoms with E-state index in [9.17, 15) is 0 Å². The van der Waals surface area contributed by atoms with E-state index in [1.165, 1.54) is 12.8 Å². The second kappa shape index (κ2) is 6.62. The predicted molar refractivity (Wildman–Crippen MR) is 79.9 cm³/mol. The lowest BCUT2D eigenvalue weighted by Gasteiger charge is -2.29. The van der Waals surface area contributed by atoms with Crippen LogP contribution in [-0.2, 0) is 6.54 Å². The first-order valence-corrected chi connectivity index (χ1v) is 7.38. The number of hydrogen-bond donors (Lipinski definition) is 0. The van der Waals surface area contributed by atoms with Crippen LogP contribution in [0.1, 0.15) is 12.8 Å². The fourth-order valence-corrected chi connectivity index (χ4v) is 2.85. The van der Waals surface area contributed by atoms with Crippen molar-refractivity contribution < 1.29 is 0 Å². The van der Waals surface area contributed by atoms with Crippen molar-refractivity contribution in [2.45, 2.75) is 25.4 Å². The van der Waals surface area contributed by atoms with E-state index in [0.717, 1.165) is 32.0 Å². The molecule has 1 aliphatic rings. The van der Waals surface area contributed by atoms with Crippen molar-refractivity contribution in [3.8, 4) is 0 Å². The summed E-state index contributed by atoms with van der Waals surface area (Å²) in [7, 11) is 2.16. The Labute approximate surface area is 124 Å². The van der Waals surface area contributed by atoms with Crippen molar-refractivity contribution in [1.29, 1.82) is 0 Å². The summed E-state index contributed by atoms with van der Waals surface area (Å²) in [5.74, 6) is 0.990. The molecule has 3 heterocycles. The van der Waals surface area contributed by atoms with Gasteiger partial charge in [0.05, 0.1) is 6.54 Å². The van der Waals surface area contributed by atoms with E-state index in [2.05, 4.69) is 37.1 Å². The number of nitrogens with zero attached hydrogens (tertiary/aromatic N) is 7. The van der Waals surface area contributed by atoms with E-state index in [1.807, 2.05) is 16.8 Å². The molecule has 1 atom stereocenters. The van der Waals surface area contributed by atoms with Crippen LogP contribution in [0.2, 0.25) is 0 Å². The predicted octanol–water partition coefficient (Wildman–Crippen LogP) is 0.669. The molecular weight excluding hydrogens is 266 g/mol. The Bertz CT molecular complexity index is 528. The van der Waals surface area contributed by atoms with Gasteiger partial charge in [-0.1, -0.05) is 0 Å². The van der Waals surface area contributed by atoms with E-state index < -0.39 is 0 Å². The highest BCUT2D eigenvalue weighted by molar-refractivity contribution is 5.39. The maximum Gasteiger partial charge on any atom is 0.151 e. The first kappa shape index (κ1) is 13.9. The summed E-state index contributed by atoms with van der Waals surface area (Å²) in [4.78, 5) is 8.69. The van der Waals surface area contributed by atoms with Crippen molar-refractivity contribution in [2.75, 3.05) is 31.6 Å². The van der Waals surface area contributed by atoms with Gasteiger partial charge in [0.25, 0.3) is 0 Å². The van der Waals surface area contributed by atoms with Crippen LogP contribution in [-0.4, -0.2) is 62.6 Å². The van der Waals surface area contributed by atoms with Crippen molar-refractivity contribution in [2.24, 2.45) is 0 Å². The largest absolute Gasteiger partial charge is 0.351 e. The Balaban J connectivity index is 1.53. The first-order valence-electron chi connectivity index (χ1n) is 7.38. The van der Waals surface area contributed by atoms with Crippen LogP contribution >= 0.6 is 0 Å². The van der Waals surface area contributed by atoms with E-state index in [4.69, 9.17) is 0 Å². The molecule has 3 rings (SSSR count). The van der Waals surface area contributed by atoms with E-state index in [-0.39, 0.29) is 0 Å². The first-order chi connectivity index (χ1) is 10.3. The Kier molecular flexibility index (Phi) is 4.40. The molecular formula is C14H21N7. The van der Waals surface area contributed by atoms with Crippen LogP contribution in [0.15, 0.2) is 31.0 Å². The molecule has 0 aliphatic carbocycles. The van der Waals surface area contributed by atoms with Gasteiger partial charge < -0.3 is 9.80 Å². The molecule has 0 bridgehead atoms. The lowest BCUT2D eigenvalue weighted by Crippen LogP contribution is -2.40. The van der Waals surface area contributed by atoms with Gasteiger partial charge in [-0.2, -0.15) is 10.2 Å². The second-order valence-electron chi connectivity index (χ2n) is 5.49. The van der Waals surface area contributed by atoms with Gasteiger partial charge in [0.15, 0.2) is 5.82 Å². The van der Waals surface area contributed by atoms with Crippen LogP contribution in [0.4, 0.5) is 5.82 Å². The van der Waals surface area contributed by atoms with E-state index in [0.29, 0.717) is 6.04 Å². The maximum absolute atomic E-state index is 4.24. The zero-order chi connectivity index (χ0) is 14.5. The smallest absolute Gasteiger partial charge is 0.151 e. The van der Waals surface area contributed by atoms with E-state index >= 15 is 0 Å². The molecule has 0 amide bonds. The molecule has 0 saturated carbocycles. The summed E-state index contributed by atoms with van der Waals surface area (Å²) >= 11 is 0. The molecule has 112 valence electrons. The summed E-state index contributed by atoms with van der Waals surface area (Å²) in [6.45, 7) is 3.94. The summed E-state index contributed by atoms with van der Waals surface area (Å²) < 4.78 is 1.87. The molecule has 0 spiro atoms. The van der Waals surface area contributed by atoms with Crippen LogP contribution in [0.3, 0.4) is 0 Å². The van der Waals surface area contributed by atoms with Gasteiger partial charge in [-0.15, -0.1) is 5.10 Å². The fraction of sp³-hybridized carbons (Fsp3) is 0.571. The van der Waals surface area contributed by atoms with Crippen molar-refractivity contribution in [3.05, 3.63) is 31.0 Å². The minimum Gasteiger partial charge on any atom is -0.351 e. The molecule has 7 heteroatoms. The molecule has 2 aromatic heterocycles. The van der Waals surface area contributed by atoms with Gasteiger partial charge in [0, 0.05) is 31.9 Å². The van der Waals surface area contributed by atoms with Gasteiger partial charge in [-0.3, -0.25) is 4.68 Å². The number of rotatable bonds is 6. The highest BCUT2D eigenvalue weighted by atomic mass is 15.3. The van der Waals surface area contributed by atoms with Crippen LogP contribution in [0, 0.1) is 0 Å². The van der Waals surface area contributed by atoms with Gasteiger partial charge in [0.1, 0.15) is 12.7 Å². The molecule has 7 nitrogen and oxygen atoms in total. The SMILES string of the molecule is CN(CCn1cncn1)C[C@H]1CCCN1c1cccnn1. The van der Waals surface area contributed by atoms with E-state index in [1.54, 1.807) is 18.9 Å². The standard InChI is InChI=1S/C14H21N7/c1-19(8-9-20-12-15-11-17-20)10-13-4-3-7-21(13)14-5-2-6-16-18-14/h2,5-6,11-13H,3-4,7-10H2,1H3/t13-/m1/s1. The summed E-state index contributed by atoms with van der Waals surface area (Å²) in [5.41, 5.74) is 0. The van der Waals surface area contributed by atoms with Crippen LogP contribution in [0.25, 0.3) is 0 Å². The Morgan fingerprint density at radius 1 is 1.43 bits per heavy atom. The molecule has 1 aliphatic heterocycles. The zero-order valence-corrected chi connectivity index (χ0v) is 12.3. The minimum atomic E-state index is 0.516. The summed E-state index contributed by atoms with van der Waals surface area (Å²) in [6.07, 6.45) is 7.49. The fourth-order valence-electron chi connectivity index (χ4n) is 2.85. The number of anilines is 1. The zero-order valence-electron chi connectivity index (χ0n) is 12.3. The summed E-state index contributed by atoms with van der Waals surface area (Å²) in [6, 6.07) is 4.51. The number of likely N-dealkylation sites (N-methyl/N-ethyl adjacent to an activating group) is 1. The lowest BCUT2D eigenvalue weighted by atomic mass is 10.2. The normalized spacial score (nSPS) is 18.6. The van der Waals surface area contributed by atoms with Crippen molar-refractivity contribution >= 4 is 5.82 Å². The van der Waals surface area contributed by atoms with Gasteiger partial charge in [0.2, 0.25) is 0 Å². The van der Waals surface area contributed by atoms with Crippen molar-refractivity contribution in [3.63, 3.8) is 0 Å². The lowest BCUT2D eigenvalue weighted by molar-refractivity contribution is 0.292. The average Bonchev–Trinajstić information content (AvgIpc) is 3.17. The molecule has 21 heavy (non-hydrogen) atoms. The van der Waals surface area contributed by atoms with Crippen LogP contribution < -0.4 is 4.90 Å². The Morgan fingerprint density at radius 2 is 2.38 bits per heavy atom. The Morgan fingerprint density at radius 3 is 3.14 bits per heavy atom. The molecule has 0 unspecified atom stereocenters. The maximum atomic E-state index is 4.24. The monoisotopic (exact) mass is 287 g/mol. The van der Waals surface area contributed by atoms with Gasteiger partial charge >= 0.3 is 0 Å². The number of hydrogen-bond acceptors (Lipinski definition) is 6. The van der Waals surface area contributed by atoms with Crippen LogP contribution in [0.5, 0.6) is 0 Å². The molecule has 1 fully saturated rings. The molecule has 0 N–H and O–H groups in total. The average molecular weight is 287 g/mol. The van der Waals surface area contributed by atoms with Gasteiger partial charge in [-0.25, -0.2) is 4.98 Å². The minimum absolute atomic E-state index is 0.516. The van der Waals surface area contributed by atoms with Gasteiger partial charge in [-0.05, 0) is 32.0 Å². The molecule has 0 radical (unpaired) electrons. The second-order valence-corrected chi connectivity index (χ2v) is 5.49. The molecule has 2 aromatic rings.